The van der Waals surface area contributed by atoms with Crippen LogP contribution in [0.1, 0.15) is 39.0 Å². The average molecular weight is 381 g/mol. The summed E-state index contributed by atoms with van der Waals surface area (Å²) in [4.78, 5) is 12.5. The molecule has 1 amide bonds. The second-order valence-corrected chi connectivity index (χ2v) is 7.84. The van der Waals surface area contributed by atoms with E-state index in [1.165, 1.54) is 0 Å². The lowest BCUT2D eigenvalue weighted by Gasteiger charge is -2.28. The quantitative estimate of drug-likeness (QED) is 0.754. The predicted octanol–water partition coefficient (Wildman–Crippen LogP) is 3.86. The Balaban J connectivity index is 1.56. The Labute approximate surface area is 160 Å². The maximum atomic E-state index is 12.5. The molecule has 5 nitrogen and oxygen atoms in total. The van der Waals surface area contributed by atoms with E-state index in [-0.39, 0.29) is 12.0 Å². The Morgan fingerprint density at radius 3 is 2.92 bits per heavy atom. The van der Waals surface area contributed by atoms with Gasteiger partial charge in [0.05, 0.1) is 11.8 Å². The molecule has 0 radical (unpaired) electrons. The molecule has 2 unspecified atom stereocenters. The number of nitrogens with one attached hydrogen (secondary N) is 2. The van der Waals surface area contributed by atoms with Gasteiger partial charge in [-0.05, 0) is 68.8 Å². The van der Waals surface area contributed by atoms with Crippen LogP contribution in [0.3, 0.4) is 0 Å². The van der Waals surface area contributed by atoms with E-state index >= 15 is 0 Å². The van der Waals surface area contributed by atoms with Gasteiger partial charge in [0.1, 0.15) is 12.4 Å². The predicted molar refractivity (Wildman–Crippen MR) is 104 cm³/mol. The van der Waals surface area contributed by atoms with Crippen LogP contribution in [0.25, 0.3) is 0 Å². The number of amides is 1. The molecule has 2 N–H and O–H groups in total. The minimum absolute atomic E-state index is 0.0141. The summed E-state index contributed by atoms with van der Waals surface area (Å²) < 4.78 is 11.5. The summed E-state index contributed by atoms with van der Waals surface area (Å²) in [6.07, 6.45) is 5.02. The molecule has 0 saturated carbocycles. The maximum Gasteiger partial charge on any atom is 0.224 e. The number of hydrogen-bond acceptors (Lipinski definition) is 4. The minimum Gasteiger partial charge on any atom is -0.489 e. The minimum atomic E-state index is 0.0141. The molecule has 0 aromatic heterocycles. The molecular weight excluding hydrogens is 352 g/mol. The van der Waals surface area contributed by atoms with Crippen LogP contribution in [0, 0.1) is 11.8 Å². The van der Waals surface area contributed by atoms with E-state index < -0.39 is 0 Å². The van der Waals surface area contributed by atoms with Gasteiger partial charge in [-0.3, -0.25) is 4.79 Å². The second-order valence-electron chi connectivity index (χ2n) is 7.40. The fraction of sp³-hybridized carbons (Fsp3) is 0.650. The zero-order chi connectivity index (χ0) is 18.4. The Morgan fingerprint density at radius 1 is 1.38 bits per heavy atom. The van der Waals surface area contributed by atoms with Gasteiger partial charge in [0.15, 0.2) is 0 Å². The van der Waals surface area contributed by atoms with Gasteiger partial charge >= 0.3 is 0 Å². The molecule has 2 aliphatic heterocycles. The van der Waals surface area contributed by atoms with Crippen LogP contribution in [-0.4, -0.2) is 38.3 Å². The largest absolute Gasteiger partial charge is 0.489 e. The third kappa shape index (κ3) is 5.60. The molecule has 1 aromatic carbocycles. The molecule has 6 heteroatoms. The molecule has 2 saturated heterocycles. The van der Waals surface area contributed by atoms with Gasteiger partial charge in [0.2, 0.25) is 5.91 Å². The Morgan fingerprint density at radius 2 is 2.19 bits per heavy atom. The van der Waals surface area contributed by atoms with E-state index in [0.717, 1.165) is 45.4 Å². The first-order valence-electron chi connectivity index (χ1n) is 9.66. The molecule has 144 valence electrons. The topological polar surface area (TPSA) is 59.6 Å². The van der Waals surface area contributed by atoms with E-state index in [4.69, 9.17) is 21.1 Å². The molecule has 0 spiro atoms. The van der Waals surface area contributed by atoms with Crippen molar-refractivity contribution in [2.75, 3.05) is 31.6 Å². The number of carbonyl (C=O) groups is 1. The summed E-state index contributed by atoms with van der Waals surface area (Å²) in [5.41, 5.74) is 0.637. The van der Waals surface area contributed by atoms with Crippen molar-refractivity contribution in [3.05, 3.63) is 23.2 Å². The van der Waals surface area contributed by atoms with E-state index in [1.54, 1.807) is 12.1 Å². The normalized spacial score (nSPS) is 22.2. The molecule has 2 atom stereocenters. The molecular formula is C20H29ClN2O3. The molecule has 1 aromatic rings. The summed E-state index contributed by atoms with van der Waals surface area (Å²) in [5, 5.41) is 6.94. The van der Waals surface area contributed by atoms with E-state index in [2.05, 4.69) is 17.6 Å². The Bertz CT molecular complexity index is 599. The number of carbonyl (C=O) groups excluding carboxylic acids is 1. The summed E-state index contributed by atoms with van der Waals surface area (Å²) in [5.74, 6) is 1.64. The van der Waals surface area contributed by atoms with E-state index in [1.807, 2.05) is 6.07 Å². The number of benzene rings is 1. The summed E-state index contributed by atoms with van der Waals surface area (Å²) in [6.45, 7) is 5.56. The number of anilines is 1. The third-order valence-electron chi connectivity index (χ3n) is 5.36. The maximum absolute atomic E-state index is 12.5. The molecule has 0 bridgehead atoms. The molecule has 26 heavy (non-hydrogen) atoms. The van der Waals surface area contributed by atoms with Crippen LogP contribution in [0.5, 0.6) is 5.75 Å². The molecule has 2 aliphatic rings. The highest BCUT2D eigenvalue weighted by Gasteiger charge is 2.23. The van der Waals surface area contributed by atoms with Crippen molar-refractivity contribution in [3.63, 3.8) is 0 Å². The zero-order valence-electron chi connectivity index (χ0n) is 15.4. The Hall–Kier alpha value is -1.30. The van der Waals surface area contributed by atoms with Crippen LogP contribution in [0.4, 0.5) is 5.69 Å². The number of hydrogen-bond donors (Lipinski definition) is 2. The van der Waals surface area contributed by atoms with Crippen molar-refractivity contribution in [2.45, 2.75) is 45.1 Å². The van der Waals surface area contributed by atoms with Gasteiger partial charge in [0.25, 0.3) is 0 Å². The number of rotatable bonds is 7. The van der Waals surface area contributed by atoms with Gasteiger partial charge in [-0.2, -0.15) is 0 Å². The zero-order valence-corrected chi connectivity index (χ0v) is 16.2. The monoisotopic (exact) mass is 380 g/mol. The highest BCUT2D eigenvalue weighted by molar-refractivity contribution is 6.31. The SMILES string of the molecule is CC(CC(=O)Nc1cc(Cl)ccc1OCC1CCCO1)C1CCNCC1. The summed E-state index contributed by atoms with van der Waals surface area (Å²) in [7, 11) is 0. The third-order valence-corrected chi connectivity index (χ3v) is 5.60. The van der Waals surface area contributed by atoms with Crippen LogP contribution < -0.4 is 15.4 Å². The lowest BCUT2D eigenvalue weighted by Crippen LogP contribution is -2.32. The molecule has 2 heterocycles. The fourth-order valence-corrected chi connectivity index (χ4v) is 3.93. The van der Waals surface area contributed by atoms with E-state index in [0.29, 0.717) is 41.3 Å². The van der Waals surface area contributed by atoms with Crippen molar-refractivity contribution in [1.82, 2.24) is 5.32 Å². The fourth-order valence-electron chi connectivity index (χ4n) is 3.76. The van der Waals surface area contributed by atoms with Crippen molar-refractivity contribution < 1.29 is 14.3 Å². The second kappa shape index (κ2) is 9.58. The lowest BCUT2D eigenvalue weighted by molar-refractivity contribution is -0.117. The van der Waals surface area contributed by atoms with Gasteiger partial charge in [0, 0.05) is 18.1 Å². The van der Waals surface area contributed by atoms with Gasteiger partial charge in [-0.15, -0.1) is 0 Å². The first-order chi connectivity index (χ1) is 12.6. The van der Waals surface area contributed by atoms with Crippen LogP contribution >= 0.6 is 11.6 Å². The molecule has 3 rings (SSSR count). The van der Waals surface area contributed by atoms with Gasteiger partial charge < -0.3 is 20.1 Å². The highest BCUT2D eigenvalue weighted by atomic mass is 35.5. The molecule has 2 fully saturated rings. The summed E-state index contributed by atoms with van der Waals surface area (Å²) in [6, 6.07) is 5.34. The standard InChI is InChI=1S/C20H29ClN2O3/c1-14(15-6-8-22-9-7-15)11-20(24)23-18-12-16(21)4-5-19(18)26-13-17-3-2-10-25-17/h4-5,12,14-15,17,22H,2-3,6-11,13H2,1H3,(H,23,24). The van der Waals surface area contributed by atoms with E-state index in [9.17, 15) is 4.79 Å². The summed E-state index contributed by atoms with van der Waals surface area (Å²) >= 11 is 6.12. The first kappa shape index (κ1) is 19.5. The number of ether oxygens (including phenoxy) is 2. The van der Waals surface area contributed by atoms with Crippen molar-refractivity contribution in [3.8, 4) is 5.75 Å². The van der Waals surface area contributed by atoms with Crippen molar-refractivity contribution in [2.24, 2.45) is 11.8 Å². The lowest BCUT2D eigenvalue weighted by atomic mass is 9.84. The van der Waals surface area contributed by atoms with Crippen LogP contribution in [-0.2, 0) is 9.53 Å². The number of piperidine rings is 1. The van der Waals surface area contributed by atoms with Gasteiger partial charge in [-0.25, -0.2) is 0 Å². The molecule has 0 aliphatic carbocycles. The average Bonchev–Trinajstić information content (AvgIpc) is 3.15. The number of halogens is 1. The smallest absolute Gasteiger partial charge is 0.224 e. The Kier molecular flexibility index (Phi) is 7.17. The first-order valence-corrected chi connectivity index (χ1v) is 10.0. The van der Waals surface area contributed by atoms with Crippen LogP contribution in [0.15, 0.2) is 18.2 Å². The van der Waals surface area contributed by atoms with Crippen LogP contribution in [0.2, 0.25) is 5.02 Å². The van der Waals surface area contributed by atoms with Crippen molar-refractivity contribution in [1.29, 1.82) is 0 Å². The highest BCUT2D eigenvalue weighted by Crippen LogP contribution is 2.30. The van der Waals surface area contributed by atoms with Crippen molar-refractivity contribution >= 4 is 23.2 Å². The van der Waals surface area contributed by atoms with Gasteiger partial charge in [-0.1, -0.05) is 18.5 Å².